The Morgan fingerprint density at radius 3 is 2.48 bits per heavy atom. The van der Waals surface area contributed by atoms with Crippen molar-refractivity contribution in [3.8, 4) is 0 Å². The summed E-state index contributed by atoms with van der Waals surface area (Å²) in [5, 5.41) is 4.92. The standard InChI is InChI=1S/C21H22N4O3S/c1-25-21(28)15-10-7-6-9-14(15)18(24-25)20(27)23-22-19(26)17-12-13-8-4-2-3-5-11-16(13)29-17/h6-7,9-10,12H,2-5,8,11H2,1H3,(H,22,26)(H,23,27). The van der Waals surface area contributed by atoms with Gasteiger partial charge in [0.2, 0.25) is 0 Å². The van der Waals surface area contributed by atoms with E-state index in [0.717, 1.165) is 30.4 Å². The topological polar surface area (TPSA) is 93.1 Å². The fourth-order valence-corrected chi connectivity index (χ4v) is 4.81. The zero-order chi connectivity index (χ0) is 20.4. The number of hydrogen-bond acceptors (Lipinski definition) is 5. The predicted molar refractivity (Wildman–Crippen MR) is 112 cm³/mol. The number of carbonyl (C=O) groups is 2. The molecule has 1 aliphatic rings. The Bertz CT molecular complexity index is 1120. The van der Waals surface area contributed by atoms with Crippen molar-refractivity contribution in [2.24, 2.45) is 7.05 Å². The van der Waals surface area contributed by atoms with Gasteiger partial charge in [-0.15, -0.1) is 11.3 Å². The SMILES string of the molecule is Cn1nc(C(=O)NNC(=O)c2cc3c(s2)CCCCCC3)c2ccccc2c1=O. The van der Waals surface area contributed by atoms with Crippen molar-refractivity contribution in [2.75, 3.05) is 0 Å². The number of aryl methyl sites for hydroxylation is 3. The van der Waals surface area contributed by atoms with Gasteiger partial charge in [-0.3, -0.25) is 25.2 Å². The number of hydrazine groups is 1. The molecule has 8 heteroatoms. The highest BCUT2D eigenvalue weighted by Crippen LogP contribution is 2.28. The average Bonchev–Trinajstić information content (AvgIpc) is 3.10. The van der Waals surface area contributed by atoms with Gasteiger partial charge < -0.3 is 0 Å². The molecule has 150 valence electrons. The van der Waals surface area contributed by atoms with Crippen LogP contribution >= 0.6 is 11.3 Å². The molecule has 0 bridgehead atoms. The summed E-state index contributed by atoms with van der Waals surface area (Å²) < 4.78 is 1.12. The second-order valence-electron chi connectivity index (χ2n) is 7.20. The lowest BCUT2D eigenvalue weighted by Gasteiger charge is -2.09. The molecule has 1 aromatic carbocycles. The van der Waals surface area contributed by atoms with Gasteiger partial charge in [0.1, 0.15) is 0 Å². The Kier molecular flexibility index (Phi) is 5.44. The van der Waals surface area contributed by atoms with Gasteiger partial charge in [-0.25, -0.2) is 4.68 Å². The van der Waals surface area contributed by atoms with Crippen LogP contribution in [0.5, 0.6) is 0 Å². The van der Waals surface area contributed by atoms with E-state index in [1.54, 1.807) is 24.3 Å². The highest BCUT2D eigenvalue weighted by molar-refractivity contribution is 7.14. The number of hydrogen-bond donors (Lipinski definition) is 2. The van der Waals surface area contributed by atoms with Gasteiger partial charge >= 0.3 is 0 Å². The molecule has 2 heterocycles. The van der Waals surface area contributed by atoms with E-state index < -0.39 is 5.91 Å². The van der Waals surface area contributed by atoms with Crippen molar-refractivity contribution in [1.82, 2.24) is 20.6 Å². The van der Waals surface area contributed by atoms with E-state index in [-0.39, 0.29) is 17.2 Å². The first-order chi connectivity index (χ1) is 14.0. The minimum atomic E-state index is -0.569. The van der Waals surface area contributed by atoms with Crippen LogP contribution < -0.4 is 16.4 Å². The normalized spacial score (nSPS) is 14.0. The molecule has 0 unspecified atom stereocenters. The summed E-state index contributed by atoms with van der Waals surface area (Å²) in [7, 11) is 1.49. The van der Waals surface area contributed by atoms with E-state index in [2.05, 4.69) is 16.0 Å². The van der Waals surface area contributed by atoms with Crippen LogP contribution in [0, 0.1) is 0 Å². The third kappa shape index (κ3) is 3.93. The average molecular weight is 410 g/mol. The van der Waals surface area contributed by atoms with Crippen molar-refractivity contribution < 1.29 is 9.59 Å². The third-order valence-corrected chi connectivity index (χ3v) is 6.42. The van der Waals surface area contributed by atoms with Gasteiger partial charge in [0.25, 0.3) is 17.4 Å². The van der Waals surface area contributed by atoms with E-state index in [4.69, 9.17) is 0 Å². The summed E-state index contributed by atoms with van der Waals surface area (Å²) >= 11 is 1.50. The van der Waals surface area contributed by atoms with Crippen molar-refractivity contribution in [2.45, 2.75) is 38.5 Å². The number of aromatic nitrogens is 2. The third-order valence-electron chi connectivity index (χ3n) is 5.18. The van der Waals surface area contributed by atoms with Crippen LogP contribution in [0.2, 0.25) is 0 Å². The maximum Gasteiger partial charge on any atom is 0.290 e. The fourth-order valence-electron chi connectivity index (χ4n) is 3.66. The first kappa shape index (κ1) is 19.3. The van der Waals surface area contributed by atoms with Crippen LogP contribution in [0.1, 0.15) is 56.3 Å². The van der Waals surface area contributed by atoms with Crippen LogP contribution in [-0.2, 0) is 19.9 Å². The Balaban J connectivity index is 1.51. The lowest BCUT2D eigenvalue weighted by molar-refractivity contribution is 0.0846. The molecule has 2 aromatic heterocycles. The molecule has 29 heavy (non-hydrogen) atoms. The van der Waals surface area contributed by atoms with Crippen molar-refractivity contribution >= 4 is 33.9 Å². The Hall–Kier alpha value is -3.00. The quantitative estimate of drug-likeness (QED) is 0.636. The highest BCUT2D eigenvalue weighted by Gasteiger charge is 2.19. The molecule has 0 aliphatic heterocycles. The molecule has 0 fully saturated rings. The summed E-state index contributed by atoms with van der Waals surface area (Å²) in [5.41, 5.74) is 5.96. The second kappa shape index (κ2) is 8.16. The highest BCUT2D eigenvalue weighted by atomic mass is 32.1. The smallest absolute Gasteiger partial charge is 0.267 e. The zero-order valence-electron chi connectivity index (χ0n) is 16.2. The van der Waals surface area contributed by atoms with E-state index in [9.17, 15) is 14.4 Å². The summed E-state index contributed by atoms with van der Waals surface area (Å²) in [6, 6.07) is 8.72. The molecule has 2 amide bonds. The van der Waals surface area contributed by atoms with Crippen LogP contribution in [-0.4, -0.2) is 21.6 Å². The van der Waals surface area contributed by atoms with Crippen molar-refractivity contribution in [1.29, 1.82) is 0 Å². The van der Waals surface area contributed by atoms with E-state index in [1.165, 1.54) is 41.7 Å². The molecule has 4 rings (SSSR count). The molecule has 2 N–H and O–H groups in total. The monoisotopic (exact) mass is 410 g/mol. The molecule has 3 aromatic rings. The lowest BCUT2D eigenvalue weighted by Crippen LogP contribution is -2.42. The minimum Gasteiger partial charge on any atom is -0.267 e. The second-order valence-corrected chi connectivity index (χ2v) is 8.34. The summed E-state index contributed by atoms with van der Waals surface area (Å²) in [6.45, 7) is 0. The predicted octanol–water partition coefficient (Wildman–Crippen LogP) is 2.73. The van der Waals surface area contributed by atoms with Gasteiger partial charge in [0.05, 0.1) is 10.3 Å². The van der Waals surface area contributed by atoms with E-state index in [1.807, 2.05) is 6.07 Å². The van der Waals surface area contributed by atoms with Gasteiger partial charge in [-0.2, -0.15) is 5.10 Å². The van der Waals surface area contributed by atoms with Crippen molar-refractivity contribution in [3.63, 3.8) is 0 Å². The Labute approximate surface area is 171 Å². The minimum absolute atomic E-state index is 0.0847. The zero-order valence-corrected chi connectivity index (χ0v) is 17.0. The van der Waals surface area contributed by atoms with Crippen molar-refractivity contribution in [3.05, 3.63) is 61.7 Å². The summed E-state index contributed by atoms with van der Waals surface area (Å²) in [4.78, 5) is 39.3. The first-order valence-electron chi connectivity index (χ1n) is 9.73. The molecular weight excluding hydrogens is 388 g/mol. The van der Waals surface area contributed by atoms with Gasteiger partial charge in [-0.05, 0) is 43.4 Å². The number of carbonyl (C=O) groups excluding carboxylic acids is 2. The van der Waals surface area contributed by atoms with E-state index in [0.29, 0.717) is 15.6 Å². The largest absolute Gasteiger partial charge is 0.290 e. The molecule has 0 atom stereocenters. The van der Waals surface area contributed by atoms with Gasteiger partial charge in [0, 0.05) is 17.3 Å². The first-order valence-corrected chi connectivity index (χ1v) is 10.5. The Morgan fingerprint density at radius 1 is 1.00 bits per heavy atom. The van der Waals surface area contributed by atoms with Gasteiger partial charge in [-0.1, -0.05) is 31.0 Å². The number of benzene rings is 1. The number of nitrogens with zero attached hydrogens (tertiary/aromatic N) is 2. The molecule has 0 saturated carbocycles. The number of amides is 2. The van der Waals surface area contributed by atoms with Crippen LogP contribution in [0.15, 0.2) is 35.1 Å². The van der Waals surface area contributed by atoms with Gasteiger partial charge in [0.15, 0.2) is 5.69 Å². The number of nitrogens with one attached hydrogen (secondary N) is 2. The van der Waals surface area contributed by atoms with E-state index >= 15 is 0 Å². The van der Waals surface area contributed by atoms with Crippen LogP contribution in [0.4, 0.5) is 0 Å². The number of fused-ring (bicyclic) bond motifs is 2. The Morgan fingerprint density at radius 2 is 1.69 bits per heavy atom. The molecule has 0 saturated heterocycles. The fraction of sp³-hybridized carbons (Fsp3) is 0.333. The lowest BCUT2D eigenvalue weighted by atomic mass is 10.00. The summed E-state index contributed by atoms with van der Waals surface area (Å²) in [6.07, 6.45) is 6.76. The molecule has 7 nitrogen and oxygen atoms in total. The maximum absolute atomic E-state index is 12.6. The molecular formula is C21H22N4O3S. The summed E-state index contributed by atoms with van der Waals surface area (Å²) in [5.74, 6) is -0.913. The number of rotatable bonds is 2. The molecule has 1 aliphatic carbocycles. The molecule has 0 spiro atoms. The number of thiophene rings is 1. The maximum atomic E-state index is 12.6. The molecule has 0 radical (unpaired) electrons. The van der Waals surface area contributed by atoms with Crippen LogP contribution in [0.3, 0.4) is 0 Å². The van der Waals surface area contributed by atoms with Crippen LogP contribution in [0.25, 0.3) is 10.8 Å².